The first-order valence-corrected chi connectivity index (χ1v) is 8.40. The van der Waals surface area contributed by atoms with Crippen molar-refractivity contribution in [3.05, 3.63) is 0 Å². The summed E-state index contributed by atoms with van der Waals surface area (Å²) in [5.41, 5.74) is 0.288. The molecular formula is C17H31NO. The Morgan fingerprint density at radius 1 is 1.11 bits per heavy atom. The highest BCUT2D eigenvalue weighted by molar-refractivity contribution is 5.04. The molecule has 0 saturated heterocycles. The van der Waals surface area contributed by atoms with Gasteiger partial charge in [0, 0.05) is 12.6 Å². The Bertz CT molecular complexity index is 292. The quantitative estimate of drug-likeness (QED) is 0.824. The van der Waals surface area contributed by atoms with Gasteiger partial charge in [0.25, 0.3) is 0 Å². The Kier molecular flexibility index (Phi) is 3.68. The average Bonchev–Trinajstić information content (AvgIpc) is 2.36. The van der Waals surface area contributed by atoms with Crippen molar-refractivity contribution >= 4 is 0 Å². The highest BCUT2D eigenvalue weighted by Gasteiger charge is 2.53. The lowest BCUT2D eigenvalue weighted by molar-refractivity contribution is -0.127. The Morgan fingerprint density at radius 2 is 1.58 bits per heavy atom. The number of rotatable bonds is 5. The third-order valence-electron chi connectivity index (χ3n) is 6.60. The largest absolute Gasteiger partial charge is 0.391 e. The molecule has 110 valence electrons. The lowest BCUT2D eigenvalue weighted by atomic mass is 9.48. The number of likely N-dealkylation sites (N-methyl/N-ethyl adjacent to an activating group) is 1. The molecule has 1 N–H and O–H groups in total. The van der Waals surface area contributed by atoms with Crippen LogP contribution in [0.15, 0.2) is 0 Å². The van der Waals surface area contributed by atoms with Crippen molar-refractivity contribution in [3.63, 3.8) is 0 Å². The average molecular weight is 265 g/mol. The second-order valence-electron chi connectivity index (χ2n) is 7.99. The molecule has 2 heteroatoms. The van der Waals surface area contributed by atoms with Crippen LogP contribution in [-0.2, 0) is 0 Å². The van der Waals surface area contributed by atoms with Crippen LogP contribution in [0.1, 0.15) is 58.8 Å². The number of nitrogens with zero attached hydrogens (tertiary/aromatic N) is 1. The van der Waals surface area contributed by atoms with Crippen molar-refractivity contribution in [2.75, 3.05) is 13.6 Å². The molecule has 0 heterocycles. The van der Waals surface area contributed by atoms with Crippen molar-refractivity contribution in [2.45, 2.75) is 70.9 Å². The summed E-state index contributed by atoms with van der Waals surface area (Å²) in [7, 11) is 2.18. The molecule has 4 aliphatic rings. The van der Waals surface area contributed by atoms with Crippen LogP contribution in [-0.4, -0.2) is 35.7 Å². The summed E-state index contributed by atoms with van der Waals surface area (Å²) in [6.45, 7) is 5.38. The molecule has 2 nitrogen and oxygen atoms in total. The molecule has 0 aromatic rings. The van der Waals surface area contributed by atoms with Gasteiger partial charge in [0.1, 0.15) is 0 Å². The van der Waals surface area contributed by atoms with Crippen LogP contribution in [0.4, 0.5) is 0 Å². The van der Waals surface area contributed by atoms with E-state index in [4.69, 9.17) is 0 Å². The van der Waals surface area contributed by atoms with Crippen LogP contribution in [0.25, 0.3) is 0 Å². The topological polar surface area (TPSA) is 23.5 Å². The summed E-state index contributed by atoms with van der Waals surface area (Å²) in [5, 5.41) is 10.9. The summed E-state index contributed by atoms with van der Waals surface area (Å²) in [6.07, 6.45) is 9.41. The van der Waals surface area contributed by atoms with Crippen LogP contribution < -0.4 is 0 Å². The molecule has 4 fully saturated rings. The molecule has 0 aromatic carbocycles. The summed E-state index contributed by atoms with van der Waals surface area (Å²) in [6, 6.07) is 0.587. The molecule has 0 amide bonds. The molecule has 0 aliphatic heterocycles. The molecule has 19 heavy (non-hydrogen) atoms. The monoisotopic (exact) mass is 265 g/mol. The molecule has 0 radical (unpaired) electrons. The van der Waals surface area contributed by atoms with Gasteiger partial charge in [0.05, 0.1) is 6.10 Å². The van der Waals surface area contributed by atoms with E-state index in [-0.39, 0.29) is 11.5 Å². The summed E-state index contributed by atoms with van der Waals surface area (Å²) in [4.78, 5) is 2.36. The van der Waals surface area contributed by atoms with Crippen LogP contribution >= 0.6 is 0 Å². The van der Waals surface area contributed by atoms with Gasteiger partial charge in [-0.1, -0.05) is 6.92 Å². The van der Waals surface area contributed by atoms with Crippen molar-refractivity contribution < 1.29 is 5.11 Å². The zero-order valence-corrected chi connectivity index (χ0v) is 12.9. The predicted octanol–water partition coefficient (Wildman–Crippen LogP) is 3.29. The first-order valence-electron chi connectivity index (χ1n) is 8.40. The molecular weight excluding hydrogens is 234 g/mol. The van der Waals surface area contributed by atoms with Gasteiger partial charge in [-0.15, -0.1) is 0 Å². The zero-order chi connectivity index (χ0) is 13.6. The zero-order valence-electron chi connectivity index (χ0n) is 12.9. The van der Waals surface area contributed by atoms with Crippen LogP contribution in [0.5, 0.6) is 0 Å². The molecule has 4 saturated carbocycles. The SMILES string of the molecule is CCC(C)N(C)CC(O)C12CC3CC(CC(C3)C1)C2. The second-order valence-corrected chi connectivity index (χ2v) is 7.99. The summed E-state index contributed by atoms with van der Waals surface area (Å²) in [5.74, 6) is 2.82. The minimum Gasteiger partial charge on any atom is -0.391 e. The van der Waals surface area contributed by atoms with Crippen LogP contribution in [0, 0.1) is 23.2 Å². The van der Waals surface area contributed by atoms with E-state index in [9.17, 15) is 5.11 Å². The standard InChI is InChI=1S/C17H31NO/c1-4-12(2)18(3)11-16(19)17-8-13-5-14(9-17)7-15(6-13)10-17/h12-16,19H,4-11H2,1-3H3. The molecule has 2 unspecified atom stereocenters. The van der Waals surface area contributed by atoms with E-state index >= 15 is 0 Å². The minimum atomic E-state index is -0.0973. The van der Waals surface area contributed by atoms with Gasteiger partial charge in [0.15, 0.2) is 0 Å². The maximum Gasteiger partial charge on any atom is 0.0723 e. The van der Waals surface area contributed by atoms with Gasteiger partial charge in [-0.25, -0.2) is 0 Å². The van der Waals surface area contributed by atoms with E-state index < -0.39 is 0 Å². The summed E-state index contributed by atoms with van der Waals surface area (Å²) < 4.78 is 0. The molecule has 0 aromatic heterocycles. The molecule has 2 atom stereocenters. The maximum atomic E-state index is 10.9. The number of hydrogen-bond donors (Lipinski definition) is 1. The maximum absolute atomic E-state index is 10.9. The first kappa shape index (κ1) is 13.9. The molecule has 4 rings (SSSR count). The number of aliphatic hydroxyl groups excluding tert-OH is 1. The predicted molar refractivity (Wildman–Crippen MR) is 79.0 cm³/mol. The van der Waals surface area contributed by atoms with Crippen molar-refractivity contribution in [1.29, 1.82) is 0 Å². The van der Waals surface area contributed by atoms with Crippen molar-refractivity contribution in [1.82, 2.24) is 4.90 Å². The van der Waals surface area contributed by atoms with E-state index in [1.807, 2.05) is 0 Å². The fourth-order valence-electron chi connectivity index (χ4n) is 5.54. The van der Waals surface area contributed by atoms with Crippen molar-refractivity contribution in [2.24, 2.45) is 23.2 Å². The molecule has 4 aliphatic carbocycles. The van der Waals surface area contributed by atoms with E-state index in [2.05, 4.69) is 25.8 Å². The van der Waals surface area contributed by atoms with Gasteiger partial charge in [-0.3, -0.25) is 0 Å². The highest BCUT2D eigenvalue weighted by atomic mass is 16.3. The smallest absolute Gasteiger partial charge is 0.0723 e. The molecule has 4 bridgehead atoms. The third-order valence-corrected chi connectivity index (χ3v) is 6.60. The van der Waals surface area contributed by atoms with Gasteiger partial charge in [-0.2, -0.15) is 0 Å². The minimum absolute atomic E-state index is 0.0973. The Morgan fingerprint density at radius 3 is 2.00 bits per heavy atom. The number of aliphatic hydroxyl groups is 1. The highest BCUT2D eigenvalue weighted by Crippen LogP contribution is 2.61. The Hall–Kier alpha value is -0.0800. The fraction of sp³-hybridized carbons (Fsp3) is 1.00. The fourth-order valence-corrected chi connectivity index (χ4v) is 5.54. The van der Waals surface area contributed by atoms with Gasteiger partial charge < -0.3 is 10.0 Å². The van der Waals surface area contributed by atoms with E-state index in [1.54, 1.807) is 0 Å². The molecule has 0 spiro atoms. The van der Waals surface area contributed by atoms with Crippen LogP contribution in [0.2, 0.25) is 0 Å². The van der Waals surface area contributed by atoms with Crippen molar-refractivity contribution in [3.8, 4) is 0 Å². The summed E-state index contributed by atoms with van der Waals surface area (Å²) >= 11 is 0. The third kappa shape index (κ3) is 2.47. The Labute approximate surface area is 118 Å². The Balaban J connectivity index is 1.67. The van der Waals surface area contributed by atoms with Gasteiger partial charge in [0.2, 0.25) is 0 Å². The normalized spacial score (nSPS) is 43.7. The van der Waals surface area contributed by atoms with E-state index in [0.29, 0.717) is 6.04 Å². The van der Waals surface area contributed by atoms with Gasteiger partial charge in [-0.05, 0) is 82.1 Å². The van der Waals surface area contributed by atoms with Gasteiger partial charge >= 0.3 is 0 Å². The number of hydrogen-bond acceptors (Lipinski definition) is 2. The first-order chi connectivity index (χ1) is 9.02. The van der Waals surface area contributed by atoms with E-state index in [0.717, 1.165) is 24.3 Å². The van der Waals surface area contributed by atoms with E-state index in [1.165, 1.54) is 44.9 Å². The van der Waals surface area contributed by atoms with Crippen LogP contribution in [0.3, 0.4) is 0 Å². The lowest BCUT2D eigenvalue weighted by Gasteiger charge is -2.58. The second kappa shape index (κ2) is 5.04. The lowest BCUT2D eigenvalue weighted by Crippen LogP contribution is -2.54.